The number of sulfonamides is 1. The van der Waals surface area contributed by atoms with Gasteiger partial charge >= 0.3 is 0 Å². The van der Waals surface area contributed by atoms with Crippen molar-refractivity contribution in [2.24, 2.45) is 0 Å². The third-order valence-electron chi connectivity index (χ3n) is 4.93. The summed E-state index contributed by atoms with van der Waals surface area (Å²) in [4.78, 5) is 13.5. The van der Waals surface area contributed by atoms with Gasteiger partial charge in [0.1, 0.15) is 17.0 Å². The molecule has 2 aromatic heterocycles. The van der Waals surface area contributed by atoms with Crippen LogP contribution in [0.25, 0.3) is 10.2 Å². The lowest BCUT2D eigenvalue weighted by molar-refractivity contribution is 0.384. The summed E-state index contributed by atoms with van der Waals surface area (Å²) < 4.78 is 27.2. The molecule has 0 radical (unpaired) electrons. The SMILES string of the molecule is Cc1sc2ncnc(N3CCN(S(=O)(=O)c4ccc(Cl)cc4)CC3)c2c1C. The Bertz CT molecular complexity index is 1090. The molecule has 6 nitrogen and oxygen atoms in total. The number of piperazine rings is 1. The summed E-state index contributed by atoms with van der Waals surface area (Å²) in [5.41, 5.74) is 1.20. The number of aryl methyl sites for hydroxylation is 2. The van der Waals surface area contributed by atoms with Crippen LogP contribution in [0.3, 0.4) is 0 Å². The Morgan fingerprint density at radius 1 is 1.04 bits per heavy atom. The van der Waals surface area contributed by atoms with Gasteiger partial charge in [0.15, 0.2) is 0 Å². The molecule has 1 fully saturated rings. The van der Waals surface area contributed by atoms with Crippen molar-refractivity contribution in [2.45, 2.75) is 18.7 Å². The van der Waals surface area contributed by atoms with E-state index in [2.05, 4.69) is 28.7 Å². The average molecular weight is 423 g/mol. The van der Waals surface area contributed by atoms with E-state index in [0.29, 0.717) is 31.2 Å². The molecule has 0 atom stereocenters. The molecule has 0 spiro atoms. The standard InChI is InChI=1S/C18H19ClN4O2S2/c1-12-13(2)26-18-16(12)17(20-11-21-18)22-7-9-23(10-8-22)27(24,25)15-5-3-14(19)4-6-15/h3-6,11H,7-10H2,1-2H3. The Kier molecular flexibility index (Phi) is 4.84. The third-order valence-corrected chi connectivity index (χ3v) is 8.22. The molecule has 1 aromatic carbocycles. The minimum Gasteiger partial charge on any atom is -0.353 e. The number of benzene rings is 1. The monoisotopic (exact) mass is 422 g/mol. The van der Waals surface area contributed by atoms with Crippen LogP contribution < -0.4 is 4.90 Å². The summed E-state index contributed by atoms with van der Waals surface area (Å²) in [5, 5.41) is 1.60. The average Bonchev–Trinajstić information content (AvgIpc) is 2.96. The maximum Gasteiger partial charge on any atom is 0.243 e. The first kappa shape index (κ1) is 18.6. The molecule has 4 rings (SSSR count). The van der Waals surface area contributed by atoms with E-state index in [1.54, 1.807) is 41.9 Å². The van der Waals surface area contributed by atoms with Crippen LogP contribution in [0.1, 0.15) is 10.4 Å². The molecule has 1 aliphatic rings. The molecular formula is C18H19ClN4O2S2. The second-order valence-corrected chi connectivity index (χ2v) is 10.1. The van der Waals surface area contributed by atoms with Gasteiger partial charge in [-0.25, -0.2) is 18.4 Å². The fraction of sp³-hybridized carbons (Fsp3) is 0.333. The first-order chi connectivity index (χ1) is 12.9. The first-order valence-corrected chi connectivity index (χ1v) is 11.2. The number of rotatable bonds is 3. The number of hydrogen-bond acceptors (Lipinski definition) is 6. The molecule has 0 saturated carbocycles. The van der Waals surface area contributed by atoms with E-state index in [-0.39, 0.29) is 4.90 Å². The number of fused-ring (bicyclic) bond motifs is 1. The number of hydrogen-bond donors (Lipinski definition) is 0. The molecule has 9 heteroatoms. The summed E-state index contributed by atoms with van der Waals surface area (Å²) in [6.07, 6.45) is 1.59. The van der Waals surface area contributed by atoms with Crippen molar-refractivity contribution in [3.05, 3.63) is 46.1 Å². The summed E-state index contributed by atoms with van der Waals surface area (Å²) in [5.74, 6) is 0.894. The van der Waals surface area contributed by atoms with Crippen LogP contribution in [0, 0.1) is 13.8 Å². The molecule has 0 amide bonds. The van der Waals surface area contributed by atoms with Crippen LogP contribution in [0.2, 0.25) is 5.02 Å². The number of thiophene rings is 1. The summed E-state index contributed by atoms with van der Waals surface area (Å²) in [6.45, 7) is 6.18. The van der Waals surface area contributed by atoms with Gasteiger partial charge in [0.2, 0.25) is 10.0 Å². The van der Waals surface area contributed by atoms with Crippen molar-refractivity contribution >= 4 is 49.0 Å². The van der Waals surface area contributed by atoms with Gasteiger partial charge in [0.25, 0.3) is 0 Å². The summed E-state index contributed by atoms with van der Waals surface area (Å²) >= 11 is 7.54. The summed E-state index contributed by atoms with van der Waals surface area (Å²) in [7, 11) is -3.51. The Morgan fingerprint density at radius 3 is 2.37 bits per heavy atom. The lowest BCUT2D eigenvalue weighted by atomic mass is 10.2. The highest BCUT2D eigenvalue weighted by molar-refractivity contribution is 7.89. The maximum absolute atomic E-state index is 12.9. The highest BCUT2D eigenvalue weighted by atomic mass is 35.5. The number of nitrogens with zero attached hydrogens (tertiary/aromatic N) is 4. The predicted molar refractivity (Wildman–Crippen MR) is 109 cm³/mol. The van der Waals surface area contributed by atoms with Crippen molar-refractivity contribution in [3.63, 3.8) is 0 Å². The first-order valence-electron chi connectivity index (χ1n) is 8.59. The van der Waals surface area contributed by atoms with E-state index in [9.17, 15) is 8.42 Å². The second-order valence-electron chi connectivity index (χ2n) is 6.51. The third kappa shape index (κ3) is 3.31. The van der Waals surface area contributed by atoms with Crippen molar-refractivity contribution in [1.82, 2.24) is 14.3 Å². The highest BCUT2D eigenvalue weighted by Crippen LogP contribution is 2.34. The van der Waals surface area contributed by atoms with Crippen molar-refractivity contribution < 1.29 is 8.42 Å². The Hall–Kier alpha value is -1.74. The van der Waals surface area contributed by atoms with Crippen LogP contribution in [-0.4, -0.2) is 48.9 Å². The van der Waals surface area contributed by atoms with Gasteiger partial charge < -0.3 is 4.90 Å². The van der Waals surface area contributed by atoms with Gasteiger partial charge in [-0.15, -0.1) is 11.3 Å². The van der Waals surface area contributed by atoms with E-state index in [1.807, 2.05) is 0 Å². The molecule has 1 saturated heterocycles. The second kappa shape index (κ2) is 7.01. The van der Waals surface area contributed by atoms with Crippen molar-refractivity contribution in [2.75, 3.05) is 31.1 Å². The number of aromatic nitrogens is 2. The van der Waals surface area contributed by atoms with Gasteiger partial charge in [-0.1, -0.05) is 11.6 Å². The molecule has 0 bridgehead atoms. The molecule has 0 unspecified atom stereocenters. The molecule has 1 aliphatic heterocycles. The van der Waals surface area contributed by atoms with Crippen LogP contribution in [0.5, 0.6) is 0 Å². The smallest absolute Gasteiger partial charge is 0.243 e. The van der Waals surface area contributed by atoms with Crippen LogP contribution in [0.15, 0.2) is 35.5 Å². The zero-order valence-electron chi connectivity index (χ0n) is 15.0. The van der Waals surface area contributed by atoms with E-state index < -0.39 is 10.0 Å². The van der Waals surface area contributed by atoms with Gasteiger partial charge in [0, 0.05) is 36.1 Å². The Morgan fingerprint density at radius 2 is 1.70 bits per heavy atom. The topological polar surface area (TPSA) is 66.4 Å². The quantitative estimate of drug-likeness (QED) is 0.646. The number of anilines is 1. The molecular weight excluding hydrogens is 404 g/mol. The minimum atomic E-state index is -3.51. The van der Waals surface area contributed by atoms with Crippen LogP contribution >= 0.6 is 22.9 Å². The molecule has 0 aliphatic carbocycles. The van der Waals surface area contributed by atoms with E-state index >= 15 is 0 Å². The summed E-state index contributed by atoms with van der Waals surface area (Å²) in [6, 6.07) is 6.30. The van der Waals surface area contributed by atoms with Gasteiger partial charge in [-0.3, -0.25) is 0 Å². The molecule has 142 valence electrons. The molecule has 3 heterocycles. The zero-order valence-corrected chi connectivity index (χ0v) is 17.4. The van der Waals surface area contributed by atoms with Gasteiger partial charge in [-0.2, -0.15) is 4.31 Å². The van der Waals surface area contributed by atoms with E-state index in [1.165, 1.54) is 14.7 Å². The predicted octanol–water partition coefficient (Wildman–Crippen LogP) is 3.47. The van der Waals surface area contributed by atoms with Gasteiger partial charge in [-0.05, 0) is 43.7 Å². The van der Waals surface area contributed by atoms with Crippen LogP contribution in [0.4, 0.5) is 5.82 Å². The normalized spacial score (nSPS) is 16.2. The largest absolute Gasteiger partial charge is 0.353 e. The van der Waals surface area contributed by atoms with Crippen LogP contribution in [-0.2, 0) is 10.0 Å². The maximum atomic E-state index is 12.9. The molecule has 3 aromatic rings. The van der Waals surface area contributed by atoms with Crippen molar-refractivity contribution in [1.29, 1.82) is 0 Å². The fourth-order valence-electron chi connectivity index (χ4n) is 3.30. The highest BCUT2D eigenvalue weighted by Gasteiger charge is 2.30. The molecule has 27 heavy (non-hydrogen) atoms. The zero-order chi connectivity index (χ0) is 19.2. The lowest BCUT2D eigenvalue weighted by Gasteiger charge is -2.35. The van der Waals surface area contributed by atoms with E-state index in [4.69, 9.17) is 11.6 Å². The number of halogens is 1. The van der Waals surface area contributed by atoms with Crippen molar-refractivity contribution in [3.8, 4) is 0 Å². The minimum absolute atomic E-state index is 0.272. The van der Waals surface area contributed by atoms with Gasteiger partial charge in [0.05, 0.1) is 10.3 Å². The Labute approximate surface area is 167 Å². The Balaban J connectivity index is 1.57. The fourth-order valence-corrected chi connectivity index (χ4v) is 5.84. The molecule has 0 N–H and O–H groups in total. The van der Waals surface area contributed by atoms with E-state index in [0.717, 1.165) is 16.0 Å². The lowest BCUT2D eigenvalue weighted by Crippen LogP contribution is -2.49.